The van der Waals surface area contributed by atoms with Crippen LogP contribution in [0.15, 0.2) is 0 Å². The van der Waals surface area contributed by atoms with E-state index in [1.807, 2.05) is 0 Å². The highest BCUT2D eigenvalue weighted by molar-refractivity contribution is 4.86. The molecule has 1 aliphatic carbocycles. The molecule has 0 aliphatic heterocycles. The second-order valence-corrected chi connectivity index (χ2v) is 4.66. The van der Waals surface area contributed by atoms with Crippen LogP contribution in [0.25, 0.3) is 0 Å². The number of aliphatic hydroxyl groups is 1. The molecule has 0 aromatic heterocycles. The van der Waals surface area contributed by atoms with Gasteiger partial charge in [0, 0.05) is 19.2 Å². The van der Waals surface area contributed by atoms with Gasteiger partial charge in [0.05, 0.1) is 0 Å². The lowest BCUT2D eigenvalue weighted by molar-refractivity contribution is 0.0419. The zero-order valence-corrected chi connectivity index (χ0v) is 9.16. The molecule has 0 unspecified atom stereocenters. The Morgan fingerprint density at radius 1 is 1.38 bits per heavy atom. The zero-order valence-electron chi connectivity index (χ0n) is 9.16. The Kier molecular flexibility index (Phi) is 4.20. The van der Waals surface area contributed by atoms with E-state index in [0.717, 1.165) is 18.5 Å². The molecule has 1 rings (SSSR count). The monoisotopic (exact) mass is 185 g/mol. The first-order valence-electron chi connectivity index (χ1n) is 5.52. The average Bonchev–Trinajstić information content (AvgIpc) is 2.00. The maximum absolute atomic E-state index is 8.92. The smallest absolute Gasteiger partial charge is 0.0460 e. The molecule has 2 heteroatoms. The second kappa shape index (κ2) is 4.97. The van der Waals surface area contributed by atoms with Crippen molar-refractivity contribution < 1.29 is 5.11 Å². The normalized spacial score (nSPS) is 28.2. The van der Waals surface area contributed by atoms with Crippen LogP contribution in [0.4, 0.5) is 0 Å². The van der Waals surface area contributed by atoms with Gasteiger partial charge in [-0.2, -0.15) is 0 Å². The highest BCUT2D eigenvalue weighted by atomic mass is 16.3. The van der Waals surface area contributed by atoms with Crippen LogP contribution in [0.3, 0.4) is 0 Å². The van der Waals surface area contributed by atoms with E-state index in [-0.39, 0.29) is 0 Å². The van der Waals surface area contributed by atoms with Crippen LogP contribution in [-0.4, -0.2) is 35.7 Å². The molecule has 1 aliphatic rings. The summed E-state index contributed by atoms with van der Waals surface area (Å²) in [5, 5.41) is 8.92. The van der Waals surface area contributed by atoms with Gasteiger partial charge in [0.25, 0.3) is 0 Å². The fourth-order valence-corrected chi connectivity index (χ4v) is 2.15. The lowest BCUT2D eigenvalue weighted by Crippen LogP contribution is -2.46. The van der Waals surface area contributed by atoms with Crippen LogP contribution in [0.1, 0.15) is 33.6 Å². The molecule has 0 saturated heterocycles. The molecule has 0 heterocycles. The summed E-state index contributed by atoms with van der Waals surface area (Å²) in [6, 6.07) is 0.754. The Balaban J connectivity index is 2.24. The molecule has 0 amide bonds. The SMILES string of the molecule is CCN(CC(C)C)[C@H]1C[C@H](CO)C1. The highest BCUT2D eigenvalue weighted by Crippen LogP contribution is 2.31. The molecule has 0 radical (unpaired) electrons. The molecule has 1 N–H and O–H groups in total. The van der Waals surface area contributed by atoms with Gasteiger partial charge in [-0.05, 0) is 31.2 Å². The minimum Gasteiger partial charge on any atom is -0.396 e. The maximum atomic E-state index is 8.92. The molecular formula is C11H23NO. The van der Waals surface area contributed by atoms with E-state index in [1.54, 1.807) is 0 Å². The summed E-state index contributed by atoms with van der Waals surface area (Å²) in [6.45, 7) is 9.51. The van der Waals surface area contributed by atoms with Crippen LogP contribution in [-0.2, 0) is 0 Å². The number of aliphatic hydroxyl groups excluding tert-OH is 1. The van der Waals surface area contributed by atoms with E-state index in [0.29, 0.717) is 12.5 Å². The highest BCUT2D eigenvalue weighted by Gasteiger charge is 2.32. The fourth-order valence-electron chi connectivity index (χ4n) is 2.15. The molecule has 0 spiro atoms. The minimum atomic E-state index is 0.385. The van der Waals surface area contributed by atoms with Crippen LogP contribution in [0, 0.1) is 11.8 Å². The first kappa shape index (κ1) is 11.0. The third-order valence-electron chi connectivity index (χ3n) is 2.99. The molecule has 2 nitrogen and oxygen atoms in total. The van der Waals surface area contributed by atoms with Gasteiger partial charge in [-0.25, -0.2) is 0 Å². The molecular weight excluding hydrogens is 162 g/mol. The van der Waals surface area contributed by atoms with Gasteiger partial charge < -0.3 is 10.0 Å². The Hall–Kier alpha value is -0.0800. The van der Waals surface area contributed by atoms with Gasteiger partial charge in [-0.3, -0.25) is 0 Å². The van der Waals surface area contributed by atoms with Crippen LogP contribution in [0.5, 0.6) is 0 Å². The van der Waals surface area contributed by atoms with Crippen molar-refractivity contribution in [3.63, 3.8) is 0 Å². The number of hydrogen-bond donors (Lipinski definition) is 1. The Morgan fingerprint density at radius 3 is 2.38 bits per heavy atom. The van der Waals surface area contributed by atoms with E-state index < -0.39 is 0 Å². The second-order valence-electron chi connectivity index (χ2n) is 4.66. The third-order valence-corrected chi connectivity index (χ3v) is 2.99. The average molecular weight is 185 g/mol. The molecule has 13 heavy (non-hydrogen) atoms. The predicted molar refractivity (Wildman–Crippen MR) is 55.7 cm³/mol. The zero-order chi connectivity index (χ0) is 9.84. The lowest BCUT2D eigenvalue weighted by atomic mass is 9.79. The Bertz CT molecular complexity index is 141. The quantitative estimate of drug-likeness (QED) is 0.705. The van der Waals surface area contributed by atoms with E-state index in [1.165, 1.54) is 19.4 Å². The van der Waals surface area contributed by atoms with Crippen LogP contribution < -0.4 is 0 Å². The fraction of sp³-hybridized carbons (Fsp3) is 1.00. The first-order valence-corrected chi connectivity index (χ1v) is 5.52. The van der Waals surface area contributed by atoms with Gasteiger partial charge in [-0.15, -0.1) is 0 Å². The molecule has 1 saturated carbocycles. The largest absolute Gasteiger partial charge is 0.396 e. The van der Waals surface area contributed by atoms with Crippen molar-refractivity contribution in [3.05, 3.63) is 0 Å². The summed E-state index contributed by atoms with van der Waals surface area (Å²) in [7, 11) is 0. The summed E-state index contributed by atoms with van der Waals surface area (Å²) < 4.78 is 0. The van der Waals surface area contributed by atoms with Gasteiger partial charge in [0.2, 0.25) is 0 Å². The van der Waals surface area contributed by atoms with Crippen molar-refractivity contribution in [2.45, 2.75) is 39.7 Å². The topological polar surface area (TPSA) is 23.5 Å². The summed E-state index contributed by atoms with van der Waals surface area (Å²) >= 11 is 0. The van der Waals surface area contributed by atoms with Crippen LogP contribution in [0.2, 0.25) is 0 Å². The molecule has 0 aromatic rings. The summed E-state index contributed by atoms with van der Waals surface area (Å²) in [6.07, 6.45) is 2.41. The van der Waals surface area contributed by atoms with Gasteiger partial charge in [0.15, 0.2) is 0 Å². The number of hydrogen-bond acceptors (Lipinski definition) is 2. The van der Waals surface area contributed by atoms with Gasteiger partial charge in [-0.1, -0.05) is 20.8 Å². The Labute approximate surface area is 81.9 Å². The number of rotatable bonds is 5. The van der Waals surface area contributed by atoms with Crippen molar-refractivity contribution in [1.82, 2.24) is 4.90 Å². The summed E-state index contributed by atoms with van der Waals surface area (Å²) in [4.78, 5) is 2.55. The van der Waals surface area contributed by atoms with E-state index >= 15 is 0 Å². The standard InChI is InChI=1S/C11H23NO/c1-4-12(7-9(2)3)11-5-10(6-11)8-13/h9-11,13H,4-8H2,1-3H3/t10-,11-. The summed E-state index contributed by atoms with van der Waals surface area (Å²) in [5.74, 6) is 1.35. The molecule has 1 fully saturated rings. The van der Waals surface area contributed by atoms with Crippen LogP contribution >= 0.6 is 0 Å². The molecule has 0 bridgehead atoms. The molecule has 0 aromatic carbocycles. The third kappa shape index (κ3) is 2.96. The maximum Gasteiger partial charge on any atom is 0.0460 e. The Morgan fingerprint density at radius 2 is 2.00 bits per heavy atom. The van der Waals surface area contributed by atoms with E-state index in [9.17, 15) is 0 Å². The summed E-state index contributed by atoms with van der Waals surface area (Å²) in [5.41, 5.74) is 0. The van der Waals surface area contributed by atoms with Crippen molar-refractivity contribution in [2.75, 3.05) is 19.7 Å². The van der Waals surface area contributed by atoms with Crippen molar-refractivity contribution in [2.24, 2.45) is 11.8 Å². The van der Waals surface area contributed by atoms with Gasteiger partial charge in [0.1, 0.15) is 0 Å². The minimum absolute atomic E-state index is 0.385. The molecule has 78 valence electrons. The van der Waals surface area contributed by atoms with Crippen molar-refractivity contribution >= 4 is 0 Å². The lowest BCUT2D eigenvalue weighted by Gasteiger charge is -2.42. The first-order chi connectivity index (χ1) is 6.17. The van der Waals surface area contributed by atoms with E-state index in [4.69, 9.17) is 5.11 Å². The predicted octanol–water partition coefficient (Wildman–Crippen LogP) is 1.74. The number of nitrogens with zero attached hydrogens (tertiary/aromatic N) is 1. The van der Waals surface area contributed by atoms with Crippen molar-refractivity contribution in [3.8, 4) is 0 Å². The van der Waals surface area contributed by atoms with Gasteiger partial charge >= 0.3 is 0 Å². The molecule has 0 atom stereocenters. The van der Waals surface area contributed by atoms with E-state index in [2.05, 4.69) is 25.7 Å². The van der Waals surface area contributed by atoms with Crippen molar-refractivity contribution in [1.29, 1.82) is 0 Å².